The van der Waals surface area contributed by atoms with Crippen LogP contribution in [0.1, 0.15) is 15.9 Å². The van der Waals surface area contributed by atoms with Crippen LogP contribution in [0, 0.1) is 0 Å². The van der Waals surface area contributed by atoms with E-state index in [0.29, 0.717) is 4.47 Å². The zero-order valence-corrected chi connectivity index (χ0v) is 8.19. The molecule has 0 aliphatic rings. The minimum atomic E-state index is -4.64. The average molecular weight is 269 g/mol. The van der Waals surface area contributed by atoms with Gasteiger partial charge in [0.25, 0.3) is 0 Å². The van der Waals surface area contributed by atoms with Gasteiger partial charge in [0, 0.05) is 4.47 Å². The Morgan fingerprint density at radius 2 is 1.93 bits per heavy atom. The fraction of sp³-hybridized carbons (Fsp3) is 0.125. The van der Waals surface area contributed by atoms with Crippen LogP contribution in [0.3, 0.4) is 0 Å². The van der Waals surface area contributed by atoms with E-state index in [4.69, 9.17) is 5.11 Å². The lowest BCUT2D eigenvalue weighted by molar-refractivity contribution is -0.138. The lowest BCUT2D eigenvalue weighted by atomic mass is 10.1. The number of hydrogen-bond acceptors (Lipinski definition) is 1. The molecular weight excluding hydrogens is 265 g/mol. The molecule has 0 heterocycles. The smallest absolute Gasteiger partial charge is 0.417 e. The second-order valence-corrected chi connectivity index (χ2v) is 3.41. The number of halogens is 4. The molecule has 0 spiro atoms. The van der Waals surface area contributed by atoms with Crippen molar-refractivity contribution in [1.82, 2.24) is 0 Å². The van der Waals surface area contributed by atoms with E-state index in [2.05, 4.69) is 15.9 Å². The van der Waals surface area contributed by atoms with Crippen LogP contribution in [0.5, 0.6) is 0 Å². The summed E-state index contributed by atoms with van der Waals surface area (Å²) in [7, 11) is 0. The van der Waals surface area contributed by atoms with Crippen LogP contribution < -0.4 is 0 Å². The van der Waals surface area contributed by atoms with Crippen molar-refractivity contribution in [3.05, 3.63) is 33.8 Å². The number of benzene rings is 1. The first-order chi connectivity index (χ1) is 6.32. The summed E-state index contributed by atoms with van der Waals surface area (Å²) in [4.78, 5) is 10.5. The minimum Gasteiger partial charge on any atom is -0.478 e. The van der Waals surface area contributed by atoms with E-state index in [1.807, 2.05) is 0 Å². The van der Waals surface area contributed by atoms with Crippen LogP contribution in [0.25, 0.3) is 0 Å². The molecular formula is C8H4BrF3O2. The second kappa shape index (κ2) is 3.61. The third-order valence-corrected chi connectivity index (χ3v) is 2.01. The Kier molecular flexibility index (Phi) is 2.84. The molecule has 6 heteroatoms. The Balaban J connectivity index is 3.37. The number of carboxylic acids is 1. The fourth-order valence-electron chi connectivity index (χ4n) is 0.941. The number of aromatic carboxylic acids is 1. The predicted molar refractivity (Wildman–Crippen MR) is 46.1 cm³/mol. The van der Waals surface area contributed by atoms with Gasteiger partial charge in [-0.2, -0.15) is 13.2 Å². The first-order valence-electron chi connectivity index (χ1n) is 3.42. The Morgan fingerprint density at radius 1 is 1.36 bits per heavy atom. The summed E-state index contributed by atoms with van der Waals surface area (Å²) in [6.45, 7) is 0. The summed E-state index contributed by atoms with van der Waals surface area (Å²) in [6, 6.07) is 2.80. The molecule has 1 rings (SSSR count). The maximum Gasteiger partial charge on any atom is 0.417 e. The molecule has 0 amide bonds. The van der Waals surface area contributed by atoms with Gasteiger partial charge in [-0.15, -0.1) is 0 Å². The van der Waals surface area contributed by atoms with Crippen LogP contribution in [-0.4, -0.2) is 11.1 Å². The fourth-order valence-corrected chi connectivity index (χ4v) is 1.30. The summed E-state index contributed by atoms with van der Waals surface area (Å²) in [6.07, 6.45) is -4.64. The van der Waals surface area contributed by atoms with Crippen molar-refractivity contribution in [2.24, 2.45) is 0 Å². The highest BCUT2D eigenvalue weighted by Gasteiger charge is 2.35. The van der Waals surface area contributed by atoms with E-state index in [1.54, 1.807) is 0 Å². The zero-order chi connectivity index (χ0) is 10.9. The Labute approximate surface area is 85.5 Å². The van der Waals surface area contributed by atoms with Crippen LogP contribution in [0.4, 0.5) is 13.2 Å². The maximum atomic E-state index is 12.3. The standard InChI is InChI=1S/C8H4BrF3O2/c9-4-1-2-6(8(10,11)12)5(3-4)7(13)14/h1-3H,(H,13,14). The highest BCUT2D eigenvalue weighted by Crippen LogP contribution is 2.33. The van der Waals surface area contributed by atoms with E-state index in [0.717, 1.165) is 18.2 Å². The quantitative estimate of drug-likeness (QED) is 0.850. The van der Waals surface area contributed by atoms with Crippen LogP contribution >= 0.6 is 15.9 Å². The van der Waals surface area contributed by atoms with E-state index in [9.17, 15) is 18.0 Å². The monoisotopic (exact) mass is 268 g/mol. The van der Waals surface area contributed by atoms with Gasteiger partial charge in [0.1, 0.15) is 0 Å². The molecule has 76 valence electrons. The number of hydrogen-bond donors (Lipinski definition) is 1. The van der Waals surface area contributed by atoms with Crippen molar-refractivity contribution < 1.29 is 23.1 Å². The normalized spacial score (nSPS) is 11.4. The van der Waals surface area contributed by atoms with Gasteiger partial charge in [-0.3, -0.25) is 0 Å². The Hall–Kier alpha value is -1.04. The topological polar surface area (TPSA) is 37.3 Å². The molecule has 14 heavy (non-hydrogen) atoms. The third-order valence-electron chi connectivity index (χ3n) is 1.52. The molecule has 0 saturated carbocycles. The summed E-state index contributed by atoms with van der Waals surface area (Å²) >= 11 is 2.90. The van der Waals surface area contributed by atoms with Gasteiger partial charge in [-0.1, -0.05) is 15.9 Å². The van der Waals surface area contributed by atoms with Gasteiger partial charge in [0.15, 0.2) is 0 Å². The Morgan fingerprint density at radius 3 is 2.36 bits per heavy atom. The molecule has 0 aromatic heterocycles. The first-order valence-corrected chi connectivity index (χ1v) is 4.21. The molecule has 2 nitrogen and oxygen atoms in total. The van der Waals surface area contributed by atoms with Crippen LogP contribution in [0.15, 0.2) is 22.7 Å². The van der Waals surface area contributed by atoms with Crippen molar-refractivity contribution >= 4 is 21.9 Å². The van der Waals surface area contributed by atoms with E-state index < -0.39 is 23.3 Å². The van der Waals surface area contributed by atoms with Crippen molar-refractivity contribution in [3.8, 4) is 0 Å². The number of alkyl halides is 3. The molecule has 1 aromatic carbocycles. The van der Waals surface area contributed by atoms with Gasteiger partial charge in [-0.25, -0.2) is 4.79 Å². The highest BCUT2D eigenvalue weighted by molar-refractivity contribution is 9.10. The molecule has 0 aliphatic heterocycles. The van der Waals surface area contributed by atoms with Gasteiger partial charge in [0.2, 0.25) is 0 Å². The van der Waals surface area contributed by atoms with Crippen molar-refractivity contribution in [1.29, 1.82) is 0 Å². The predicted octanol–water partition coefficient (Wildman–Crippen LogP) is 3.17. The van der Waals surface area contributed by atoms with E-state index >= 15 is 0 Å². The van der Waals surface area contributed by atoms with Gasteiger partial charge >= 0.3 is 12.1 Å². The molecule has 0 unspecified atom stereocenters. The molecule has 0 radical (unpaired) electrons. The summed E-state index contributed by atoms with van der Waals surface area (Å²) in [5, 5.41) is 8.53. The van der Waals surface area contributed by atoms with Crippen molar-refractivity contribution in [2.45, 2.75) is 6.18 Å². The van der Waals surface area contributed by atoms with Gasteiger partial charge in [-0.05, 0) is 18.2 Å². The molecule has 1 N–H and O–H groups in total. The summed E-state index contributed by atoms with van der Waals surface area (Å²) in [5.41, 5.74) is -1.90. The molecule has 0 atom stereocenters. The largest absolute Gasteiger partial charge is 0.478 e. The average Bonchev–Trinajstić information content (AvgIpc) is 2.01. The molecule has 1 aromatic rings. The summed E-state index contributed by atoms with van der Waals surface area (Å²) in [5.74, 6) is -1.60. The molecule has 0 bridgehead atoms. The molecule has 0 saturated heterocycles. The SMILES string of the molecule is O=C(O)c1cc(Br)ccc1C(F)(F)F. The number of carbonyl (C=O) groups is 1. The number of rotatable bonds is 1. The second-order valence-electron chi connectivity index (χ2n) is 2.49. The van der Waals surface area contributed by atoms with E-state index in [-0.39, 0.29) is 0 Å². The van der Waals surface area contributed by atoms with Crippen LogP contribution in [-0.2, 0) is 6.18 Å². The lowest BCUT2D eigenvalue weighted by Crippen LogP contribution is -2.12. The van der Waals surface area contributed by atoms with Crippen LogP contribution in [0.2, 0.25) is 0 Å². The maximum absolute atomic E-state index is 12.3. The first kappa shape index (κ1) is 11.0. The third kappa shape index (κ3) is 2.25. The highest BCUT2D eigenvalue weighted by atomic mass is 79.9. The summed E-state index contributed by atoms with van der Waals surface area (Å²) < 4.78 is 37.1. The van der Waals surface area contributed by atoms with Gasteiger partial charge < -0.3 is 5.11 Å². The van der Waals surface area contributed by atoms with Crippen molar-refractivity contribution in [2.75, 3.05) is 0 Å². The Bertz CT molecular complexity index is 373. The van der Waals surface area contributed by atoms with Gasteiger partial charge in [0.05, 0.1) is 11.1 Å². The zero-order valence-electron chi connectivity index (χ0n) is 6.60. The lowest BCUT2D eigenvalue weighted by Gasteiger charge is -2.09. The van der Waals surface area contributed by atoms with E-state index in [1.165, 1.54) is 0 Å². The molecule has 0 fully saturated rings. The molecule has 0 aliphatic carbocycles. The number of carboxylic acid groups (broad SMARTS) is 1. The minimum absolute atomic E-state index is 0.294. The van der Waals surface area contributed by atoms with Crippen molar-refractivity contribution in [3.63, 3.8) is 0 Å².